The number of aliphatic hydroxyl groups is 1. The second kappa shape index (κ2) is 9.57. The summed E-state index contributed by atoms with van der Waals surface area (Å²) in [4.78, 5) is 26.3. The number of piperidine rings is 1. The van der Waals surface area contributed by atoms with Gasteiger partial charge in [-0.1, -0.05) is 0 Å². The molecule has 0 aromatic heterocycles. The minimum atomic E-state index is -0.856. The van der Waals surface area contributed by atoms with Crippen molar-refractivity contribution in [3.05, 3.63) is 0 Å². The fourth-order valence-electron chi connectivity index (χ4n) is 2.38. The number of hydrogen-bond acceptors (Lipinski definition) is 4. The first-order valence-corrected chi connectivity index (χ1v) is 7.56. The Labute approximate surface area is 125 Å². The monoisotopic (exact) mass is 302 g/mol. The summed E-state index contributed by atoms with van der Waals surface area (Å²) in [5, 5.41) is 17.4. The zero-order chi connectivity index (χ0) is 15.7. The number of carbonyl (C=O) groups excluding carboxylic acids is 1. The van der Waals surface area contributed by atoms with Gasteiger partial charge in [0.05, 0.1) is 19.1 Å². The quantitative estimate of drug-likeness (QED) is 0.691. The minimum absolute atomic E-state index is 0.00920. The number of urea groups is 1. The van der Waals surface area contributed by atoms with E-state index in [1.54, 1.807) is 9.80 Å². The van der Waals surface area contributed by atoms with Crippen LogP contribution in [0.1, 0.15) is 32.6 Å². The molecule has 1 heterocycles. The maximum absolute atomic E-state index is 12.3. The van der Waals surface area contributed by atoms with E-state index >= 15 is 0 Å². The van der Waals surface area contributed by atoms with E-state index < -0.39 is 5.97 Å². The first kappa shape index (κ1) is 17.7. The van der Waals surface area contributed by atoms with E-state index in [1.807, 2.05) is 6.92 Å². The number of carbonyl (C=O) groups is 2. The van der Waals surface area contributed by atoms with E-state index in [9.17, 15) is 9.59 Å². The molecule has 0 aliphatic carbocycles. The van der Waals surface area contributed by atoms with Gasteiger partial charge in [-0.15, -0.1) is 0 Å². The van der Waals surface area contributed by atoms with Gasteiger partial charge in [-0.05, 0) is 26.2 Å². The lowest BCUT2D eigenvalue weighted by Crippen LogP contribution is -2.48. The molecule has 1 saturated heterocycles. The van der Waals surface area contributed by atoms with Crippen molar-refractivity contribution in [2.45, 2.75) is 38.7 Å². The van der Waals surface area contributed by atoms with Crippen LogP contribution in [0.4, 0.5) is 4.79 Å². The third-order valence-electron chi connectivity index (χ3n) is 3.62. The van der Waals surface area contributed by atoms with Crippen molar-refractivity contribution in [1.82, 2.24) is 9.80 Å². The van der Waals surface area contributed by atoms with Gasteiger partial charge in [0, 0.05) is 32.8 Å². The lowest BCUT2D eigenvalue weighted by Gasteiger charge is -2.35. The van der Waals surface area contributed by atoms with Crippen molar-refractivity contribution < 1.29 is 24.5 Å². The summed E-state index contributed by atoms with van der Waals surface area (Å²) in [6.45, 7) is 4.71. The van der Waals surface area contributed by atoms with Crippen LogP contribution in [0.3, 0.4) is 0 Å². The van der Waals surface area contributed by atoms with Crippen LogP contribution in [0.5, 0.6) is 0 Å². The number of hydrogen-bond donors (Lipinski definition) is 2. The Balaban J connectivity index is 2.30. The fourth-order valence-corrected chi connectivity index (χ4v) is 2.38. The predicted octanol–water partition coefficient (Wildman–Crippen LogP) is 0.766. The number of rotatable bonds is 8. The van der Waals surface area contributed by atoms with Gasteiger partial charge in [0.25, 0.3) is 0 Å². The molecule has 0 bridgehead atoms. The lowest BCUT2D eigenvalue weighted by molar-refractivity contribution is -0.138. The van der Waals surface area contributed by atoms with Crippen LogP contribution in [0.15, 0.2) is 0 Å². The molecular weight excluding hydrogens is 276 g/mol. The predicted molar refractivity (Wildman–Crippen MR) is 77.1 cm³/mol. The topological polar surface area (TPSA) is 90.3 Å². The largest absolute Gasteiger partial charge is 0.481 e. The highest BCUT2D eigenvalue weighted by molar-refractivity contribution is 5.74. The van der Waals surface area contributed by atoms with Gasteiger partial charge in [-0.2, -0.15) is 0 Å². The molecule has 0 atom stereocenters. The van der Waals surface area contributed by atoms with Gasteiger partial charge < -0.3 is 24.7 Å². The Morgan fingerprint density at radius 1 is 1.33 bits per heavy atom. The molecule has 0 spiro atoms. The molecule has 0 aromatic rings. The molecule has 1 aliphatic rings. The Morgan fingerprint density at radius 3 is 2.52 bits per heavy atom. The molecular formula is C14H26N2O5. The Morgan fingerprint density at radius 2 is 2.00 bits per heavy atom. The average molecular weight is 302 g/mol. The van der Waals surface area contributed by atoms with E-state index in [2.05, 4.69) is 0 Å². The number of ether oxygens (including phenoxy) is 1. The smallest absolute Gasteiger partial charge is 0.319 e. The van der Waals surface area contributed by atoms with Crippen LogP contribution in [-0.2, 0) is 9.53 Å². The van der Waals surface area contributed by atoms with Gasteiger partial charge in [-0.3, -0.25) is 4.79 Å². The molecule has 2 amide bonds. The van der Waals surface area contributed by atoms with Gasteiger partial charge in [0.15, 0.2) is 0 Å². The summed E-state index contributed by atoms with van der Waals surface area (Å²) in [6, 6.07) is 0.00920. The molecule has 1 aliphatic heterocycles. The molecule has 7 heteroatoms. The lowest BCUT2D eigenvalue weighted by atomic mass is 10.1. The van der Waals surface area contributed by atoms with E-state index in [4.69, 9.17) is 14.9 Å². The highest BCUT2D eigenvalue weighted by Crippen LogP contribution is 2.15. The fraction of sp³-hybridized carbons (Fsp3) is 0.857. The van der Waals surface area contributed by atoms with Gasteiger partial charge in [0.2, 0.25) is 0 Å². The summed E-state index contributed by atoms with van der Waals surface area (Å²) >= 11 is 0. The van der Waals surface area contributed by atoms with E-state index in [0.717, 1.165) is 12.8 Å². The van der Waals surface area contributed by atoms with Crippen molar-refractivity contribution in [1.29, 1.82) is 0 Å². The number of carboxylic acids is 1. The molecule has 122 valence electrons. The van der Waals surface area contributed by atoms with Gasteiger partial charge >= 0.3 is 12.0 Å². The third kappa shape index (κ3) is 6.31. The second-order valence-electron chi connectivity index (χ2n) is 5.14. The summed E-state index contributed by atoms with van der Waals surface area (Å²) in [6.07, 6.45) is 2.13. The summed E-state index contributed by atoms with van der Waals surface area (Å²) in [5.74, 6) is -0.856. The Kier molecular flexibility index (Phi) is 8.07. The summed E-state index contributed by atoms with van der Waals surface area (Å²) in [7, 11) is 0. The molecule has 2 N–H and O–H groups in total. The van der Waals surface area contributed by atoms with Crippen molar-refractivity contribution >= 4 is 12.0 Å². The molecule has 0 radical (unpaired) electrons. The number of likely N-dealkylation sites (tertiary alicyclic amines) is 1. The summed E-state index contributed by atoms with van der Waals surface area (Å²) in [5.41, 5.74) is 0. The number of aliphatic hydroxyl groups excluding tert-OH is 1. The Hall–Kier alpha value is -1.34. The minimum Gasteiger partial charge on any atom is -0.481 e. The van der Waals surface area contributed by atoms with Crippen LogP contribution in [0.2, 0.25) is 0 Å². The molecule has 21 heavy (non-hydrogen) atoms. The molecule has 1 rings (SSSR count). The molecule has 0 aromatic carbocycles. The van der Waals surface area contributed by atoms with Crippen molar-refractivity contribution in [3.8, 4) is 0 Å². The van der Waals surface area contributed by atoms with Gasteiger partial charge in [-0.25, -0.2) is 4.79 Å². The number of aliphatic carboxylic acids is 1. The normalized spacial score (nSPS) is 16.0. The highest BCUT2D eigenvalue weighted by Gasteiger charge is 2.25. The van der Waals surface area contributed by atoms with Crippen LogP contribution in [0.25, 0.3) is 0 Å². The van der Waals surface area contributed by atoms with Crippen LogP contribution < -0.4 is 0 Å². The van der Waals surface area contributed by atoms with Crippen LogP contribution >= 0.6 is 0 Å². The number of nitrogens with zero attached hydrogens (tertiary/aromatic N) is 2. The zero-order valence-corrected chi connectivity index (χ0v) is 12.7. The Bertz CT molecular complexity index is 329. The van der Waals surface area contributed by atoms with Crippen molar-refractivity contribution in [2.24, 2.45) is 0 Å². The van der Waals surface area contributed by atoms with E-state index in [0.29, 0.717) is 32.6 Å². The van der Waals surface area contributed by atoms with E-state index in [1.165, 1.54) is 0 Å². The van der Waals surface area contributed by atoms with Crippen LogP contribution in [-0.4, -0.2) is 77.5 Å². The molecule has 7 nitrogen and oxygen atoms in total. The maximum atomic E-state index is 12.3. The maximum Gasteiger partial charge on any atom is 0.319 e. The molecule has 0 unspecified atom stereocenters. The first-order chi connectivity index (χ1) is 10.1. The molecule has 0 saturated carbocycles. The average Bonchev–Trinajstić information content (AvgIpc) is 2.48. The van der Waals surface area contributed by atoms with Gasteiger partial charge in [0.1, 0.15) is 0 Å². The van der Waals surface area contributed by atoms with Crippen molar-refractivity contribution in [3.63, 3.8) is 0 Å². The number of amides is 2. The SMILES string of the molecule is CCN(CCCO)C(=O)N1CCC(OCCC(=O)O)CC1. The molecule has 1 fully saturated rings. The summed E-state index contributed by atoms with van der Waals surface area (Å²) < 4.78 is 5.51. The first-order valence-electron chi connectivity index (χ1n) is 7.56. The third-order valence-corrected chi connectivity index (χ3v) is 3.62. The van der Waals surface area contributed by atoms with Crippen LogP contribution in [0, 0.1) is 0 Å². The van der Waals surface area contributed by atoms with E-state index in [-0.39, 0.29) is 31.8 Å². The standard InChI is InChI=1S/C14H26N2O5/c1-2-15(7-3-10-17)14(20)16-8-4-12(5-9-16)21-11-6-13(18)19/h12,17H,2-11H2,1H3,(H,18,19). The second-order valence-corrected chi connectivity index (χ2v) is 5.14. The van der Waals surface area contributed by atoms with Crippen molar-refractivity contribution in [2.75, 3.05) is 39.4 Å². The highest BCUT2D eigenvalue weighted by atomic mass is 16.5. The zero-order valence-electron chi connectivity index (χ0n) is 12.7. The number of carboxylic acid groups (broad SMARTS) is 1.